The maximum absolute atomic E-state index is 13.1. The Balaban J connectivity index is 1.64. The lowest BCUT2D eigenvalue weighted by molar-refractivity contribution is -0.142. The van der Waals surface area contributed by atoms with Gasteiger partial charge in [-0.1, -0.05) is 66.2 Å². The summed E-state index contributed by atoms with van der Waals surface area (Å²) in [5.41, 5.74) is 2.59. The topological polar surface area (TPSA) is 49.3 Å². The number of allylic oxidation sites excluding steroid dienone is 2. The highest BCUT2D eigenvalue weighted by atomic mass is 35.5. The summed E-state index contributed by atoms with van der Waals surface area (Å²) in [6.07, 6.45) is 5.20. The average molecular weight is 406 g/mol. The van der Waals surface area contributed by atoms with Crippen LogP contribution >= 0.6 is 11.6 Å². The second kappa shape index (κ2) is 7.57. The van der Waals surface area contributed by atoms with E-state index >= 15 is 0 Å². The van der Waals surface area contributed by atoms with Crippen LogP contribution in [0.25, 0.3) is 16.8 Å². The molecule has 1 aliphatic rings. The fraction of sp³-hybridized carbons (Fsp3) is 0.0417. The van der Waals surface area contributed by atoms with Crippen LogP contribution in [0.1, 0.15) is 11.1 Å². The number of halogens is 2. The van der Waals surface area contributed by atoms with Gasteiger partial charge in [-0.3, -0.25) is 0 Å². The van der Waals surface area contributed by atoms with E-state index in [4.69, 9.17) is 11.6 Å². The Kier molecular flexibility index (Phi) is 4.95. The average Bonchev–Trinajstić information content (AvgIpc) is 2.75. The van der Waals surface area contributed by atoms with Gasteiger partial charge >= 0.3 is 5.97 Å². The molecule has 0 bridgehead atoms. The third kappa shape index (κ3) is 3.67. The van der Waals surface area contributed by atoms with Crippen molar-refractivity contribution in [3.8, 4) is 11.1 Å². The van der Waals surface area contributed by atoms with E-state index in [1.54, 1.807) is 48.6 Å². The summed E-state index contributed by atoms with van der Waals surface area (Å²) in [5, 5.41) is 13.7. The molecule has 0 radical (unpaired) electrons. The molecule has 5 heteroatoms. The van der Waals surface area contributed by atoms with Crippen LogP contribution in [-0.4, -0.2) is 11.1 Å². The number of carbonyl (C=O) groups is 1. The first kappa shape index (κ1) is 19.0. The van der Waals surface area contributed by atoms with Gasteiger partial charge in [0, 0.05) is 10.7 Å². The molecule has 29 heavy (non-hydrogen) atoms. The number of carboxylic acid groups (broad SMARTS) is 1. The number of rotatable bonds is 4. The molecule has 1 atom stereocenters. The van der Waals surface area contributed by atoms with Crippen molar-refractivity contribution >= 4 is 23.3 Å². The number of aliphatic carboxylic acids is 1. The minimum Gasteiger partial charge on any atom is -0.479 e. The van der Waals surface area contributed by atoms with E-state index in [1.807, 2.05) is 30.3 Å². The minimum atomic E-state index is -1.38. The Morgan fingerprint density at radius 3 is 2.00 bits per heavy atom. The van der Waals surface area contributed by atoms with Crippen LogP contribution in [0.15, 0.2) is 91.0 Å². The van der Waals surface area contributed by atoms with Crippen molar-refractivity contribution in [3.63, 3.8) is 0 Å². The zero-order valence-electron chi connectivity index (χ0n) is 15.3. The number of dihydropyridines is 1. The van der Waals surface area contributed by atoms with Crippen LogP contribution in [0.5, 0.6) is 0 Å². The Morgan fingerprint density at radius 2 is 1.41 bits per heavy atom. The third-order valence-corrected chi connectivity index (χ3v) is 5.20. The Labute approximate surface area is 172 Å². The van der Waals surface area contributed by atoms with Crippen molar-refractivity contribution < 1.29 is 14.3 Å². The molecule has 0 fully saturated rings. The summed E-state index contributed by atoms with van der Waals surface area (Å²) in [4.78, 5) is 12.2. The number of nitrogens with one attached hydrogen (secondary N) is 1. The first-order valence-electron chi connectivity index (χ1n) is 9.01. The molecule has 3 aromatic rings. The highest BCUT2D eigenvalue weighted by Crippen LogP contribution is 2.32. The van der Waals surface area contributed by atoms with Gasteiger partial charge in [-0.25, -0.2) is 9.18 Å². The lowest BCUT2D eigenvalue weighted by atomic mass is 9.86. The van der Waals surface area contributed by atoms with Gasteiger partial charge in [0.25, 0.3) is 0 Å². The SMILES string of the molecule is O=C(O)C1(c2ccc(Cl)cc2)C=CC=C(c2ccc(-c3ccc(F)cc3)cc2)N1. The van der Waals surface area contributed by atoms with Crippen LogP contribution in [0.4, 0.5) is 4.39 Å². The summed E-state index contributed by atoms with van der Waals surface area (Å²) in [7, 11) is 0. The smallest absolute Gasteiger partial charge is 0.338 e. The molecule has 3 nitrogen and oxygen atoms in total. The molecule has 0 saturated heterocycles. The summed E-state index contributed by atoms with van der Waals surface area (Å²) in [5.74, 6) is -1.29. The van der Waals surface area contributed by atoms with E-state index in [2.05, 4.69) is 5.32 Å². The largest absolute Gasteiger partial charge is 0.479 e. The molecule has 4 rings (SSSR count). The first-order valence-corrected chi connectivity index (χ1v) is 9.39. The van der Waals surface area contributed by atoms with Gasteiger partial charge < -0.3 is 10.4 Å². The normalized spacial score (nSPS) is 18.1. The predicted octanol–water partition coefficient (Wildman–Crippen LogP) is 5.63. The molecule has 1 aliphatic heterocycles. The van der Waals surface area contributed by atoms with Crippen LogP contribution in [0.2, 0.25) is 5.02 Å². The van der Waals surface area contributed by atoms with Crippen LogP contribution < -0.4 is 5.32 Å². The van der Waals surface area contributed by atoms with Crippen LogP contribution in [0.3, 0.4) is 0 Å². The molecular formula is C24H17ClFNO2. The summed E-state index contributed by atoms with van der Waals surface area (Å²) < 4.78 is 13.1. The summed E-state index contributed by atoms with van der Waals surface area (Å²) >= 11 is 5.96. The molecule has 0 amide bonds. The number of benzene rings is 3. The number of carboxylic acids is 1. The highest BCUT2D eigenvalue weighted by Gasteiger charge is 2.39. The molecule has 1 unspecified atom stereocenters. The van der Waals surface area contributed by atoms with Gasteiger partial charge in [-0.15, -0.1) is 0 Å². The lowest BCUT2D eigenvalue weighted by Gasteiger charge is -2.32. The fourth-order valence-corrected chi connectivity index (χ4v) is 3.49. The van der Waals surface area contributed by atoms with E-state index in [1.165, 1.54) is 12.1 Å². The van der Waals surface area contributed by atoms with Gasteiger partial charge in [0.1, 0.15) is 5.82 Å². The van der Waals surface area contributed by atoms with Gasteiger partial charge in [0.2, 0.25) is 0 Å². The fourth-order valence-electron chi connectivity index (χ4n) is 3.37. The number of hydrogen-bond donors (Lipinski definition) is 2. The molecule has 0 aromatic heterocycles. The van der Waals surface area contributed by atoms with E-state index in [0.717, 1.165) is 16.7 Å². The summed E-state index contributed by atoms with van der Waals surface area (Å²) in [6.45, 7) is 0. The molecule has 2 N–H and O–H groups in total. The van der Waals surface area contributed by atoms with Crippen molar-refractivity contribution in [1.29, 1.82) is 0 Å². The molecule has 3 aromatic carbocycles. The van der Waals surface area contributed by atoms with Crippen LogP contribution in [-0.2, 0) is 10.3 Å². The molecular weight excluding hydrogens is 389 g/mol. The molecule has 0 spiro atoms. The second-order valence-corrected chi connectivity index (χ2v) is 7.21. The standard InChI is InChI=1S/C24H17ClFNO2/c25-20-11-9-19(10-12-20)24(23(28)29)15-1-2-22(27-24)18-5-3-16(4-6-18)17-7-13-21(26)14-8-17/h1-15,27H,(H,28,29). The zero-order chi connectivity index (χ0) is 20.4. The van der Waals surface area contributed by atoms with Crippen molar-refractivity contribution in [2.75, 3.05) is 0 Å². The maximum atomic E-state index is 13.1. The second-order valence-electron chi connectivity index (χ2n) is 6.77. The monoisotopic (exact) mass is 405 g/mol. The molecule has 0 aliphatic carbocycles. The van der Waals surface area contributed by atoms with Crippen molar-refractivity contribution in [2.45, 2.75) is 5.54 Å². The predicted molar refractivity (Wildman–Crippen MR) is 113 cm³/mol. The van der Waals surface area contributed by atoms with E-state index in [0.29, 0.717) is 16.3 Å². The van der Waals surface area contributed by atoms with E-state index in [-0.39, 0.29) is 5.82 Å². The third-order valence-electron chi connectivity index (χ3n) is 4.95. The van der Waals surface area contributed by atoms with Crippen molar-refractivity contribution in [3.05, 3.63) is 113 Å². The van der Waals surface area contributed by atoms with Gasteiger partial charge in [0.05, 0.1) is 0 Å². The Morgan fingerprint density at radius 1 is 0.862 bits per heavy atom. The van der Waals surface area contributed by atoms with Crippen molar-refractivity contribution in [1.82, 2.24) is 5.32 Å². The number of hydrogen-bond acceptors (Lipinski definition) is 2. The van der Waals surface area contributed by atoms with Gasteiger partial charge in [-0.2, -0.15) is 0 Å². The molecule has 144 valence electrons. The summed E-state index contributed by atoms with van der Waals surface area (Å²) in [6, 6.07) is 20.7. The Hall–Kier alpha value is -3.37. The first-order chi connectivity index (χ1) is 14.0. The van der Waals surface area contributed by atoms with E-state index < -0.39 is 11.5 Å². The molecule has 0 saturated carbocycles. The molecule has 1 heterocycles. The lowest BCUT2D eigenvalue weighted by Crippen LogP contribution is -2.47. The van der Waals surface area contributed by atoms with Crippen molar-refractivity contribution in [2.24, 2.45) is 0 Å². The van der Waals surface area contributed by atoms with E-state index in [9.17, 15) is 14.3 Å². The zero-order valence-corrected chi connectivity index (χ0v) is 16.0. The van der Waals surface area contributed by atoms with Crippen LogP contribution in [0, 0.1) is 5.82 Å². The maximum Gasteiger partial charge on any atom is 0.338 e. The van der Waals surface area contributed by atoms with Gasteiger partial charge in [0.15, 0.2) is 5.54 Å². The highest BCUT2D eigenvalue weighted by molar-refractivity contribution is 6.30. The quantitative estimate of drug-likeness (QED) is 0.591. The Bertz CT molecular complexity index is 1100. The van der Waals surface area contributed by atoms with Gasteiger partial charge in [-0.05, 0) is 58.7 Å². The minimum absolute atomic E-state index is 0.277.